The van der Waals surface area contributed by atoms with Crippen molar-refractivity contribution in [3.05, 3.63) is 70.9 Å². The highest BCUT2D eigenvalue weighted by Crippen LogP contribution is 2.22. The Balaban J connectivity index is 1.96. The van der Waals surface area contributed by atoms with Crippen molar-refractivity contribution in [3.8, 4) is 5.75 Å². The van der Waals surface area contributed by atoms with Gasteiger partial charge in [-0.15, -0.1) is 0 Å². The maximum absolute atomic E-state index is 13.6. The van der Waals surface area contributed by atoms with Crippen LogP contribution in [0, 0.1) is 11.6 Å². The maximum Gasteiger partial charge on any atom is 0.363 e. The van der Waals surface area contributed by atoms with Crippen LogP contribution in [0.4, 0.5) is 8.78 Å². The van der Waals surface area contributed by atoms with Crippen molar-refractivity contribution in [2.75, 3.05) is 7.11 Å². The molecule has 0 atom stereocenters. The Hall–Kier alpha value is -3.02. The Morgan fingerprint density at radius 3 is 2.74 bits per heavy atom. The summed E-state index contributed by atoms with van der Waals surface area (Å²) in [5.74, 6) is -1.49. The van der Waals surface area contributed by atoms with Gasteiger partial charge in [-0.2, -0.15) is 0 Å². The van der Waals surface area contributed by atoms with Crippen LogP contribution < -0.4 is 4.74 Å². The van der Waals surface area contributed by atoms with E-state index in [0.717, 1.165) is 12.1 Å². The second-order valence-corrected chi connectivity index (χ2v) is 4.73. The summed E-state index contributed by atoms with van der Waals surface area (Å²) in [7, 11) is 1.52. The molecule has 0 spiro atoms. The van der Waals surface area contributed by atoms with E-state index in [1.807, 2.05) is 0 Å². The van der Waals surface area contributed by atoms with Crippen molar-refractivity contribution in [2.45, 2.75) is 0 Å². The van der Waals surface area contributed by atoms with E-state index in [0.29, 0.717) is 11.3 Å². The summed E-state index contributed by atoms with van der Waals surface area (Å²) >= 11 is 0. The molecule has 0 fully saturated rings. The maximum atomic E-state index is 13.6. The molecule has 4 nitrogen and oxygen atoms in total. The second-order valence-electron chi connectivity index (χ2n) is 4.73. The van der Waals surface area contributed by atoms with Crippen LogP contribution in [-0.4, -0.2) is 19.0 Å². The fourth-order valence-corrected chi connectivity index (χ4v) is 2.05. The number of hydrogen-bond donors (Lipinski definition) is 0. The molecule has 1 aliphatic rings. The Morgan fingerprint density at radius 2 is 2.00 bits per heavy atom. The zero-order valence-corrected chi connectivity index (χ0v) is 12.0. The number of benzene rings is 2. The Kier molecular flexibility index (Phi) is 3.89. The molecule has 23 heavy (non-hydrogen) atoms. The number of cyclic esters (lactones) is 1. The fourth-order valence-electron chi connectivity index (χ4n) is 2.05. The van der Waals surface area contributed by atoms with Crippen LogP contribution in [0.1, 0.15) is 11.1 Å². The molecule has 0 N–H and O–H groups in total. The van der Waals surface area contributed by atoms with E-state index < -0.39 is 17.6 Å². The monoisotopic (exact) mass is 315 g/mol. The Labute approximate surface area is 130 Å². The molecular formula is C17H11F2NO3. The normalized spacial score (nSPS) is 15.5. The van der Waals surface area contributed by atoms with E-state index in [9.17, 15) is 13.6 Å². The van der Waals surface area contributed by atoms with E-state index in [1.54, 1.807) is 24.3 Å². The van der Waals surface area contributed by atoms with Crippen LogP contribution >= 0.6 is 0 Å². The van der Waals surface area contributed by atoms with Crippen LogP contribution in [-0.2, 0) is 9.53 Å². The summed E-state index contributed by atoms with van der Waals surface area (Å²) in [6.45, 7) is 0. The average Bonchev–Trinajstić information content (AvgIpc) is 2.91. The zero-order valence-electron chi connectivity index (χ0n) is 12.0. The molecule has 1 heterocycles. The van der Waals surface area contributed by atoms with E-state index >= 15 is 0 Å². The van der Waals surface area contributed by atoms with E-state index in [2.05, 4.69) is 4.99 Å². The number of methoxy groups -OCH3 is 1. The lowest BCUT2D eigenvalue weighted by Crippen LogP contribution is -2.05. The first-order valence-electron chi connectivity index (χ1n) is 6.69. The molecule has 116 valence electrons. The van der Waals surface area contributed by atoms with Crippen LogP contribution in [0.3, 0.4) is 0 Å². The number of hydrogen-bond acceptors (Lipinski definition) is 4. The molecule has 0 radical (unpaired) electrons. The number of halogens is 2. The third-order valence-corrected chi connectivity index (χ3v) is 3.19. The molecular weight excluding hydrogens is 304 g/mol. The minimum absolute atomic E-state index is 0.0500. The minimum Gasteiger partial charge on any atom is -0.497 e. The van der Waals surface area contributed by atoms with Crippen molar-refractivity contribution >= 4 is 17.9 Å². The fraction of sp³-hybridized carbons (Fsp3) is 0.0588. The number of nitrogens with zero attached hydrogens (tertiary/aromatic N) is 1. The summed E-state index contributed by atoms with van der Waals surface area (Å²) in [4.78, 5) is 15.9. The van der Waals surface area contributed by atoms with Crippen molar-refractivity contribution in [1.29, 1.82) is 0 Å². The van der Waals surface area contributed by atoms with Gasteiger partial charge in [0.25, 0.3) is 0 Å². The van der Waals surface area contributed by atoms with Gasteiger partial charge in [-0.05, 0) is 36.4 Å². The van der Waals surface area contributed by atoms with Crippen LogP contribution in [0.25, 0.3) is 6.08 Å². The quantitative estimate of drug-likeness (QED) is 0.645. The molecule has 3 rings (SSSR count). The summed E-state index contributed by atoms with van der Waals surface area (Å²) in [5, 5.41) is 0. The number of esters is 1. The average molecular weight is 315 g/mol. The zero-order chi connectivity index (χ0) is 16.4. The third-order valence-electron chi connectivity index (χ3n) is 3.19. The number of carbonyl (C=O) groups excluding carboxylic acids is 1. The van der Waals surface area contributed by atoms with Gasteiger partial charge in [0, 0.05) is 17.2 Å². The van der Waals surface area contributed by atoms with Crippen LogP contribution in [0.2, 0.25) is 0 Å². The Bertz CT molecular complexity index is 843. The smallest absolute Gasteiger partial charge is 0.363 e. The summed E-state index contributed by atoms with van der Waals surface area (Å²) in [5.41, 5.74) is 0.544. The Morgan fingerprint density at radius 1 is 1.17 bits per heavy atom. The van der Waals surface area contributed by atoms with Crippen LogP contribution in [0.5, 0.6) is 5.75 Å². The second kappa shape index (κ2) is 6.00. The minimum atomic E-state index is -0.782. The number of carbonyl (C=O) groups is 1. The van der Waals surface area contributed by atoms with Crippen molar-refractivity contribution in [1.82, 2.24) is 0 Å². The predicted molar refractivity (Wildman–Crippen MR) is 80.0 cm³/mol. The van der Waals surface area contributed by atoms with Gasteiger partial charge in [-0.3, -0.25) is 0 Å². The van der Waals surface area contributed by atoms with Crippen molar-refractivity contribution in [2.24, 2.45) is 4.99 Å². The lowest BCUT2D eigenvalue weighted by molar-refractivity contribution is -0.129. The van der Waals surface area contributed by atoms with Gasteiger partial charge < -0.3 is 9.47 Å². The van der Waals surface area contributed by atoms with E-state index in [1.165, 1.54) is 19.3 Å². The molecule has 1 aliphatic heterocycles. The van der Waals surface area contributed by atoms with Gasteiger partial charge in [-0.1, -0.05) is 6.07 Å². The summed E-state index contributed by atoms with van der Waals surface area (Å²) < 4.78 is 36.7. The van der Waals surface area contributed by atoms with Gasteiger partial charge in [0.1, 0.15) is 17.4 Å². The topological polar surface area (TPSA) is 47.9 Å². The predicted octanol–water partition coefficient (Wildman–Crippen LogP) is 3.32. The summed E-state index contributed by atoms with van der Waals surface area (Å²) in [6.07, 6.45) is 1.21. The number of aliphatic imine (C=N–C) groups is 1. The third kappa shape index (κ3) is 3.11. The number of rotatable bonds is 3. The molecule has 0 aliphatic carbocycles. The highest BCUT2D eigenvalue weighted by Gasteiger charge is 2.24. The van der Waals surface area contributed by atoms with E-state index in [4.69, 9.17) is 9.47 Å². The molecule has 0 unspecified atom stereocenters. The molecule has 0 amide bonds. The number of ether oxygens (including phenoxy) is 2. The lowest BCUT2D eigenvalue weighted by Gasteiger charge is -2.02. The molecule has 0 aromatic heterocycles. The van der Waals surface area contributed by atoms with Gasteiger partial charge in [-0.25, -0.2) is 18.6 Å². The molecule has 0 bridgehead atoms. The van der Waals surface area contributed by atoms with Gasteiger partial charge >= 0.3 is 5.97 Å². The molecule has 0 saturated carbocycles. The van der Waals surface area contributed by atoms with Gasteiger partial charge in [0.15, 0.2) is 5.70 Å². The molecule has 2 aromatic carbocycles. The first-order chi connectivity index (χ1) is 11.1. The van der Waals surface area contributed by atoms with Gasteiger partial charge in [0.05, 0.1) is 7.11 Å². The summed E-state index contributed by atoms with van der Waals surface area (Å²) in [6, 6.07) is 9.90. The molecule has 6 heteroatoms. The first kappa shape index (κ1) is 14.9. The first-order valence-corrected chi connectivity index (χ1v) is 6.69. The SMILES string of the molecule is COc1cccc(C2=N/C(=C\c3ccc(F)cc3F)C(=O)O2)c1. The van der Waals surface area contributed by atoms with Gasteiger partial charge in [0.2, 0.25) is 5.90 Å². The highest BCUT2D eigenvalue weighted by molar-refractivity contribution is 6.12. The van der Waals surface area contributed by atoms with Crippen molar-refractivity contribution in [3.63, 3.8) is 0 Å². The van der Waals surface area contributed by atoms with Crippen molar-refractivity contribution < 1.29 is 23.0 Å². The standard InChI is InChI=1S/C17H11F2NO3/c1-22-13-4-2-3-11(7-13)16-20-15(17(21)23-16)8-10-5-6-12(18)9-14(10)19/h2-9H,1H3/b15-8-. The largest absolute Gasteiger partial charge is 0.497 e. The highest BCUT2D eigenvalue weighted by atomic mass is 19.1. The lowest BCUT2D eigenvalue weighted by atomic mass is 10.2. The molecule has 2 aromatic rings. The van der Waals surface area contributed by atoms with Crippen LogP contribution in [0.15, 0.2) is 53.2 Å². The molecule has 0 saturated heterocycles. The van der Waals surface area contributed by atoms with E-state index in [-0.39, 0.29) is 17.2 Å².